The van der Waals surface area contributed by atoms with Crippen LogP contribution in [0.25, 0.3) is 33.6 Å². The van der Waals surface area contributed by atoms with E-state index in [0.29, 0.717) is 82.0 Å². The molecule has 2 aromatic heterocycles. The first-order chi connectivity index (χ1) is 24.7. The molecule has 1 spiro atoms. The van der Waals surface area contributed by atoms with E-state index in [2.05, 4.69) is 25.8 Å². The molecule has 11 nitrogen and oxygen atoms in total. The standard InChI is InChI=1S/C38H39ClFN7O4/c1-50-36-30(18-47-19-38(20-47)14-13-32(49)46-38)42-17-29(45-36)25-7-3-5-23(34(25)39)24-6-4-8-26(35(24)40)28-15-21-9-11-27(33(21)37(44-28)51-2)41-16-22-10-12-31(48)43-22/h3-8,15,17,22,27,41H,9-14,16,18-20H2,1-2H3,(H,43,48)(H,46,49)/t22-,27-/m0/s1. The van der Waals surface area contributed by atoms with Crippen molar-refractivity contribution >= 4 is 23.4 Å². The predicted octanol–water partition coefficient (Wildman–Crippen LogP) is 5.00. The van der Waals surface area contributed by atoms with Crippen LogP contribution in [-0.2, 0) is 22.6 Å². The first kappa shape index (κ1) is 33.5. The molecule has 8 rings (SSSR count). The number of aryl methyl sites for hydroxylation is 1. The summed E-state index contributed by atoms with van der Waals surface area (Å²) in [5.41, 5.74) is 5.38. The number of methoxy groups -OCH3 is 2. The molecule has 5 heterocycles. The highest BCUT2D eigenvalue weighted by Gasteiger charge is 2.47. The van der Waals surface area contributed by atoms with Crippen molar-refractivity contribution in [1.82, 2.24) is 35.8 Å². The number of likely N-dealkylation sites (tertiary alicyclic amines) is 1. The van der Waals surface area contributed by atoms with E-state index in [1.807, 2.05) is 18.2 Å². The van der Waals surface area contributed by atoms with Crippen LogP contribution >= 0.6 is 11.6 Å². The Morgan fingerprint density at radius 2 is 1.69 bits per heavy atom. The average molecular weight is 712 g/mol. The van der Waals surface area contributed by atoms with Crippen molar-refractivity contribution in [3.63, 3.8) is 0 Å². The lowest BCUT2D eigenvalue weighted by Gasteiger charge is -2.47. The van der Waals surface area contributed by atoms with Gasteiger partial charge in [0.05, 0.1) is 42.4 Å². The van der Waals surface area contributed by atoms with Gasteiger partial charge in [0.2, 0.25) is 23.6 Å². The number of nitrogens with one attached hydrogen (secondary N) is 3. The Bertz CT molecular complexity index is 2040. The molecule has 3 fully saturated rings. The molecule has 2 amide bonds. The maximum Gasteiger partial charge on any atom is 0.237 e. The van der Waals surface area contributed by atoms with E-state index in [1.165, 1.54) is 0 Å². The maximum absolute atomic E-state index is 16.5. The second kappa shape index (κ2) is 13.5. The number of hydrogen-bond donors (Lipinski definition) is 3. The van der Waals surface area contributed by atoms with Crippen molar-refractivity contribution in [1.29, 1.82) is 0 Å². The van der Waals surface area contributed by atoms with Crippen LogP contribution in [0.2, 0.25) is 5.02 Å². The van der Waals surface area contributed by atoms with Crippen molar-refractivity contribution in [2.45, 2.75) is 62.7 Å². The fourth-order valence-electron chi connectivity index (χ4n) is 8.04. The molecule has 13 heteroatoms. The Hall–Kier alpha value is -4.65. The average Bonchev–Trinajstić information content (AvgIpc) is 3.85. The van der Waals surface area contributed by atoms with Gasteiger partial charge in [-0.2, -0.15) is 0 Å². The number of carbonyl (C=O) groups is 2. The van der Waals surface area contributed by atoms with Gasteiger partial charge in [-0.05, 0) is 43.4 Å². The van der Waals surface area contributed by atoms with Crippen LogP contribution in [0.4, 0.5) is 4.39 Å². The SMILES string of the molecule is COc1nc(-c2cccc(-c3cccc(-c4cc5c(c(OC)n4)[C@@H](NC[C@@H]4CCC(=O)N4)CC5)c3F)c2Cl)cnc1CN1CC2(CCC(=O)N2)C1. The van der Waals surface area contributed by atoms with E-state index in [4.69, 9.17) is 31.0 Å². The van der Waals surface area contributed by atoms with Crippen LogP contribution < -0.4 is 25.4 Å². The first-order valence-corrected chi connectivity index (χ1v) is 17.7. The third-order valence-electron chi connectivity index (χ3n) is 10.6. The summed E-state index contributed by atoms with van der Waals surface area (Å²) in [6.07, 6.45) is 6.11. The van der Waals surface area contributed by atoms with Gasteiger partial charge in [0, 0.05) is 78.9 Å². The van der Waals surface area contributed by atoms with Gasteiger partial charge in [0.15, 0.2) is 0 Å². The number of ether oxygens (including phenoxy) is 2. The molecule has 0 bridgehead atoms. The van der Waals surface area contributed by atoms with Gasteiger partial charge in [0.1, 0.15) is 11.5 Å². The number of fused-ring (bicyclic) bond motifs is 1. The highest BCUT2D eigenvalue weighted by Crippen LogP contribution is 2.42. The largest absolute Gasteiger partial charge is 0.481 e. The highest BCUT2D eigenvalue weighted by molar-refractivity contribution is 6.36. The zero-order valence-electron chi connectivity index (χ0n) is 28.5. The summed E-state index contributed by atoms with van der Waals surface area (Å²) in [7, 11) is 3.14. The summed E-state index contributed by atoms with van der Waals surface area (Å²) in [6.45, 7) is 2.73. The van der Waals surface area contributed by atoms with Crippen LogP contribution in [-0.4, -0.2) is 77.1 Å². The van der Waals surface area contributed by atoms with Gasteiger partial charge in [-0.25, -0.2) is 14.4 Å². The summed E-state index contributed by atoms with van der Waals surface area (Å²) in [6, 6.07) is 12.8. The second-order valence-corrected chi connectivity index (χ2v) is 14.3. The Morgan fingerprint density at radius 1 is 0.941 bits per heavy atom. The fourth-order valence-corrected chi connectivity index (χ4v) is 8.36. The Labute approximate surface area is 300 Å². The summed E-state index contributed by atoms with van der Waals surface area (Å²) >= 11 is 7.02. The van der Waals surface area contributed by atoms with E-state index in [9.17, 15) is 9.59 Å². The maximum atomic E-state index is 16.5. The fraction of sp³-hybridized carbons (Fsp3) is 0.395. The van der Waals surface area contributed by atoms with E-state index in [1.54, 1.807) is 44.7 Å². The van der Waals surface area contributed by atoms with E-state index in [0.717, 1.165) is 49.9 Å². The van der Waals surface area contributed by atoms with Crippen LogP contribution in [0.3, 0.4) is 0 Å². The number of carbonyl (C=O) groups excluding carboxylic acids is 2. The number of pyridine rings is 1. The molecule has 1 aliphatic carbocycles. The lowest BCUT2D eigenvalue weighted by molar-refractivity contribution is -0.121. The number of aromatic nitrogens is 3. The normalized spacial score (nSPS) is 20.6. The molecular weight excluding hydrogens is 673 g/mol. The van der Waals surface area contributed by atoms with Crippen LogP contribution in [0.5, 0.6) is 11.8 Å². The molecule has 2 aromatic carbocycles. The molecular formula is C38H39ClFN7O4. The second-order valence-electron chi connectivity index (χ2n) is 13.9. The predicted molar refractivity (Wildman–Crippen MR) is 190 cm³/mol. The number of benzene rings is 2. The van der Waals surface area contributed by atoms with Gasteiger partial charge in [-0.3, -0.25) is 19.5 Å². The minimum Gasteiger partial charge on any atom is -0.481 e. The smallest absolute Gasteiger partial charge is 0.237 e. The van der Waals surface area contributed by atoms with E-state index < -0.39 is 5.82 Å². The van der Waals surface area contributed by atoms with Gasteiger partial charge in [-0.1, -0.05) is 41.9 Å². The summed E-state index contributed by atoms with van der Waals surface area (Å²) < 4.78 is 27.9. The van der Waals surface area contributed by atoms with Crippen LogP contribution in [0, 0.1) is 5.82 Å². The number of amides is 2. The highest BCUT2D eigenvalue weighted by atomic mass is 35.5. The third kappa shape index (κ3) is 6.30. The summed E-state index contributed by atoms with van der Waals surface area (Å²) in [5.74, 6) is 0.607. The Morgan fingerprint density at radius 3 is 2.41 bits per heavy atom. The molecule has 4 aromatic rings. The van der Waals surface area contributed by atoms with Crippen LogP contribution in [0.15, 0.2) is 48.7 Å². The van der Waals surface area contributed by atoms with Crippen molar-refractivity contribution < 1.29 is 23.5 Å². The molecule has 51 heavy (non-hydrogen) atoms. The zero-order valence-corrected chi connectivity index (χ0v) is 29.3. The monoisotopic (exact) mass is 711 g/mol. The van der Waals surface area contributed by atoms with E-state index in [-0.39, 0.29) is 29.4 Å². The van der Waals surface area contributed by atoms with Crippen molar-refractivity contribution in [3.8, 4) is 45.4 Å². The molecule has 264 valence electrons. The van der Waals surface area contributed by atoms with Crippen molar-refractivity contribution in [2.75, 3.05) is 33.9 Å². The number of halogens is 2. The summed E-state index contributed by atoms with van der Waals surface area (Å²) in [4.78, 5) is 39.8. The van der Waals surface area contributed by atoms with Gasteiger partial charge in [0.25, 0.3) is 0 Å². The van der Waals surface area contributed by atoms with E-state index >= 15 is 4.39 Å². The van der Waals surface area contributed by atoms with Gasteiger partial charge >= 0.3 is 0 Å². The summed E-state index contributed by atoms with van der Waals surface area (Å²) in [5, 5.41) is 10.0. The molecule has 3 saturated heterocycles. The number of rotatable bonds is 10. The Balaban J connectivity index is 1.04. The first-order valence-electron chi connectivity index (χ1n) is 17.4. The molecule has 3 aliphatic heterocycles. The molecule has 4 aliphatic rings. The minimum absolute atomic E-state index is 0.0338. The quantitative estimate of drug-likeness (QED) is 0.208. The lowest BCUT2D eigenvalue weighted by atomic mass is 9.88. The molecule has 2 atom stereocenters. The van der Waals surface area contributed by atoms with Gasteiger partial charge in [-0.15, -0.1) is 0 Å². The third-order valence-corrected chi connectivity index (χ3v) is 11.0. The molecule has 0 unspecified atom stereocenters. The molecule has 0 saturated carbocycles. The number of hydrogen-bond acceptors (Lipinski definition) is 9. The Kier molecular flexibility index (Phi) is 8.85. The number of nitrogens with zero attached hydrogens (tertiary/aromatic N) is 4. The van der Waals surface area contributed by atoms with Crippen LogP contribution in [0.1, 0.15) is 55.0 Å². The lowest BCUT2D eigenvalue weighted by Crippen LogP contribution is -2.66. The zero-order chi connectivity index (χ0) is 35.3. The minimum atomic E-state index is -0.444. The van der Waals surface area contributed by atoms with Gasteiger partial charge < -0.3 is 25.4 Å². The molecule has 0 radical (unpaired) electrons. The topological polar surface area (TPSA) is 131 Å². The van der Waals surface area contributed by atoms with Crippen molar-refractivity contribution in [3.05, 3.63) is 76.3 Å². The molecule has 3 N–H and O–H groups in total. The van der Waals surface area contributed by atoms with Crippen molar-refractivity contribution in [2.24, 2.45) is 0 Å².